The maximum Gasteiger partial charge on any atom is 0.113 e. The Balaban J connectivity index is 1.25. The molecule has 11 rings (SSSR count). The lowest BCUT2D eigenvalue weighted by Gasteiger charge is -2.20. The number of nitrogens with zero attached hydrogens (tertiary/aromatic N) is 4. The van der Waals surface area contributed by atoms with Gasteiger partial charge in [0.05, 0.1) is 44.8 Å². The molecule has 10 aromatic rings. The summed E-state index contributed by atoms with van der Waals surface area (Å²) in [4.78, 5) is 10.8. The summed E-state index contributed by atoms with van der Waals surface area (Å²) < 4.78 is 4.91. The second-order valence-corrected chi connectivity index (χ2v) is 13.7. The van der Waals surface area contributed by atoms with Crippen molar-refractivity contribution in [1.29, 1.82) is 0 Å². The summed E-state index contributed by atoms with van der Waals surface area (Å²) >= 11 is 0. The summed E-state index contributed by atoms with van der Waals surface area (Å²) in [6, 6.07) is 60.5. The third-order valence-corrected chi connectivity index (χ3v) is 10.8. The summed E-state index contributed by atoms with van der Waals surface area (Å²) in [5.74, 6) is 0. The molecule has 0 fully saturated rings. The van der Waals surface area contributed by atoms with Gasteiger partial charge in [-0.05, 0) is 66.4 Å². The number of rotatable bonds is 4. The number of para-hydroxylation sites is 3. The number of aromatic nitrogens is 4. The fourth-order valence-corrected chi connectivity index (χ4v) is 8.61. The van der Waals surface area contributed by atoms with E-state index in [9.17, 15) is 0 Å². The molecule has 0 atom stereocenters. The molecule has 0 spiro atoms. The lowest BCUT2D eigenvalue weighted by molar-refractivity contribution is 0.934. The van der Waals surface area contributed by atoms with Crippen LogP contribution >= 0.6 is 0 Å². The van der Waals surface area contributed by atoms with Gasteiger partial charge < -0.3 is 9.13 Å². The first-order chi connectivity index (χ1) is 25.8. The van der Waals surface area contributed by atoms with Crippen molar-refractivity contribution in [2.24, 2.45) is 0 Å². The van der Waals surface area contributed by atoms with Gasteiger partial charge in [0.1, 0.15) is 5.52 Å². The number of hydrogen-bond donors (Lipinski definition) is 0. The van der Waals surface area contributed by atoms with Crippen molar-refractivity contribution < 1.29 is 0 Å². The van der Waals surface area contributed by atoms with Crippen molar-refractivity contribution in [3.8, 4) is 45.1 Å². The molecule has 0 aliphatic heterocycles. The molecular weight excluding hydrogens is 633 g/mol. The minimum absolute atomic E-state index is 0.868. The van der Waals surface area contributed by atoms with Crippen molar-refractivity contribution in [3.63, 3.8) is 0 Å². The van der Waals surface area contributed by atoms with Gasteiger partial charge in [0.2, 0.25) is 0 Å². The topological polar surface area (TPSA) is 35.6 Å². The number of hydrogen-bond acceptors (Lipinski definition) is 2. The maximum absolute atomic E-state index is 5.51. The van der Waals surface area contributed by atoms with Crippen molar-refractivity contribution in [2.45, 2.75) is 12.8 Å². The summed E-state index contributed by atoms with van der Waals surface area (Å²) in [6.07, 6.45) is 2.01. The molecule has 0 saturated heterocycles. The van der Waals surface area contributed by atoms with Gasteiger partial charge in [-0.2, -0.15) is 0 Å². The quantitative estimate of drug-likeness (QED) is 0.188. The zero-order valence-corrected chi connectivity index (χ0v) is 28.4. The minimum atomic E-state index is 0.868. The smallest absolute Gasteiger partial charge is 0.113 e. The molecule has 0 bridgehead atoms. The van der Waals surface area contributed by atoms with Crippen LogP contribution in [0.2, 0.25) is 0 Å². The third-order valence-electron chi connectivity index (χ3n) is 10.8. The van der Waals surface area contributed by atoms with Crippen LogP contribution in [0.1, 0.15) is 11.1 Å². The molecule has 3 aromatic heterocycles. The lowest BCUT2D eigenvalue weighted by atomic mass is 9.88. The fraction of sp³-hybridized carbons (Fsp3) is 0.0417. The summed E-state index contributed by atoms with van der Waals surface area (Å²) in [6.45, 7) is 0. The second-order valence-electron chi connectivity index (χ2n) is 13.7. The van der Waals surface area contributed by atoms with E-state index in [-0.39, 0.29) is 0 Å². The van der Waals surface area contributed by atoms with E-state index in [1.165, 1.54) is 55.3 Å². The van der Waals surface area contributed by atoms with Gasteiger partial charge >= 0.3 is 0 Å². The van der Waals surface area contributed by atoms with Crippen LogP contribution < -0.4 is 0 Å². The highest BCUT2D eigenvalue weighted by molar-refractivity contribution is 6.23. The van der Waals surface area contributed by atoms with E-state index < -0.39 is 0 Å². The van der Waals surface area contributed by atoms with Gasteiger partial charge in [-0.1, -0.05) is 127 Å². The first-order valence-electron chi connectivity index (χ1n) is 18.0. The van der Waals surface area contributed by atoms with Crippen LogP contribution in [0.25, 0.3) is 88.9 Å². The highest BCUT2D eigenvalue weighted by Crippen LogP contribution is 2.47. The van der Waals surface area contributed by atoms with Crippen molar-refractivity contribution in [3.05, 3.63) is 181 Å². The van der Waals surface area contributed by atoms with E-state index in [0.717, 1.165) is 57.6 Å². The predicted molar refractivity (Wildman–Crippen MR) is 214 cm³/mol. The summed E-state index contributed by atoms with van der Waals surface area (Å²) in [7, 11) is 0. The molecule has 52 heavy (non-hydrogen) atoms. The van der Waals surface area contributed by atoms with Gasteiger partial charge in [0.25, 0.3) is 0 Å². The molecule has 0 saturated carbocycles. The molecular formula is C48H32N4. The van der Waals surface area contributed by atoms with Crippen LogP contribution in [0.5, 0.6) is 0 Å². The van der Waals surface area contributed by atoms with Crippen molar-refractivity contribution in [1.82, 2.24) is 19.1 Å². The predicted octanol–water partition coefficient (Wildman–Crippen LogP) is 11.8. The van der Waals surface area contributed by atoms with Crippen molar-refractivity contribution >= 4 is 43.7 Å². The SMILES string of the molecule is c1ccc(-c2nc3cccc(-n4c5ccccc5c5c6c7c(n(-c8ccccc8)c6ccc54)-c4ccccc4CC7)c3nc2-c2ccccc2)cc1. The molecule has 4 heteroatoms. The largest absolute Gasteiger partial charge is 0.309 e. The van der Waals surface area contributed by atoms with Crippen LogP contribution in [0.3, 0.4) is 0 Å². The molecule has 0 unspecified atom stereocenters. The lowest BCUT2D eigenvalue weighted by Crippen LogP contribution is -2.06. The zero-order valence-electron chi connectivity index (χ0n) is 28.4. The Hall–Kier alpha value is -6.78. The number of fused-ring (bicyclic) bond motifs is 10. The highest BCUT2D eigenvalue weighted by atomic mass is 15.0. The molecule has 244 valence electrons. The molecule has 3 heterocycles. The van der Waals surface area contributed by atoms with Crippen LogP contribution in [-0.4, -0.2) is 19.1 Å². The molecule has 1 aliphatic rings. The average Bonchev–Trinajstić information content (AvgIpc) is 3.74. The van der Waals surface area contributed by atoms with Crippen LogP contribution in [0.15, 0.2) is 170 Å². The Morgan fingerprint density at radius 1 is 0.442 bits per heavy atom. The molecule has 0 radical (unpaired) electrons. The fourth-order valence-electron chi connectivity index (χ4n) is 8.61. The molecule has 4 nitrogen and oxygen atoms in total. The van der Waals surface area contributed by atoms with Gasteiger partial charge in [0, 0.05) is 38.5 Å². The first-order valence-corrected chi connectivity index (χ1v) is 18.0. The van der Waals surface area contributed by atoms with E-state index >= 15 is 0 Å². The van der Waals surface area contributed by atoms with Gasteiger partial charge in [-0.3, -0.25) is 0 Å². The van der Waals surface area contributed by atoms with Gasteiger partial charge in [-0.25, -0.2) is 9.97 Å². The number of benzene rings is 7. The third kappa shape index (κ3) is 4.21. The average molecular weight is 665 g/mol. The van der Waals surface area contributed by atoms with Crippen molar-refractivity contribution in [2.75, 3.05) is 0 Å². The second kappa shape index (κ2) is 11.4. The Bertz CT molecular complexity index is 2990. The van der Waals surface area contributed by atoms with Gasteiger partial charge in [0.15, 0.2) is 0 Å². The van der Waals surface area contributed by atoms with Crippen LogP contribution in [0, 0.1) is 0 Å². The normalized spacial score (nSPS) is 12.5. The van der Waals surface area contributed by atoms with E-state index in [0.29, 0.717) is 0 Å². The zero-order chi connectivity index (χ0) is 34.2. The van der Waals surface area contributed by atoms with E-state index in [1.807, 2.05) is 12.1 Å². The standard InChI is InChI=1S/C48H32N4/c1-4-16-32(17-5-1)45-46(33-18-6-2-7-19-33)50-47-38(49-45)24-14-26-42(47)52-39-25-13-12-23-36(39)43-41(52)30-29-40-44(43)37-28-27-31-15-10-11-22-35(31)48(37)51(40)34-20-8-3-9-21-34/h1-26,29-30H,27-28H2. The van der Waals surface area contributed by atoms with E-state index in [4.69, 9.17) is 9.97 Å². The Morgan fingerprint density at radius 2 is 1.08 bits per heavy atom. The van der Waals surface area contributed by atoms with Gasteiger partial charge in [-0.15, -0.1) is 0 Å². The molecule has 0 amide bonds. The highest BCUT2D eigenvalue weighted by Gasteiger charge is 2.28. The summed E-state index contributed by atoms with van der Waals surface area (Å²) in [5.41, 5.74) is 16.8. The maximum atomic E-state index is 5.51. The monoisotopic (exact) mass is 664 g/mol. The Morgan fingerprint density at radius 3 is 1.85 bits per heavy atom. The van der Waals surface area contributed by atoms with E-state index in [1.54, 1.807) is 0 Å². The molecule has 0 N–H and O–H groups in total. The Kier molecular flexibility index (Phi) is 6.34. The number of aryl methyl sites for hydroxylation is 2. The van der Waals surface area contributed by atoms with Crippen LogP contribution in [0.4, 0.5) is 0 Å². The Labute approximate surface area is 300 Å². The van der Waals surface area contributed by atoms with E-state index in [2.05, 4.69) is 167 Å². The molecule has 7 aromatic carbocycles. The first kappa shape index (κ1) is 29.0. The molecule has 1 aliphatic carbocycles. The summed E-state index contributed by atoms with van der Waals surface area (Å²) in [5, 5.41) is 3.86. The van der Waals surface area contributed by atoms with Crippen LogP contribution in [-0.2, 0) is 12.8 Å². The minimum Gasteiger partial charge on any atom is -0.309 e.